The quantitative estimate of drug-likeness (QED) is 0.783. The van der Waals surface area contributed by atoms with Crippen molar-refractivity contribution in [3.05, 3.63) is 42.0 Å². The Morgan fingerprint density at radius 2 is 1.90 bits per heavy atom. The molecule has 4 nitrogen and oxygen atoms in total. The number of nitrogens with one attached hydrogen (secondary N) is 1. The van der Waals surface area contributed by atoms with Gasteiger partial charge in [-0.1, -0.05) is 24.3 Å². The summed E-state index contributed by atoms with van der Waals surface area (Å²) in [6, 6.07) is 10.8. The number of hydrogen-bond acceptors (Lipinski definition) is 3. The minimum absolute atomic E-state index is 0.0180. The first kappa shape index (κ1) is 14.3. The molecule has 2 rings (SSSR count). The summed E-state index contributed by atoms with van der Waals surface area (Å²) in [6.45, 7) is 1.99. The van der Waals surface area contributed by atoms with Crippen LogP contribution in [0.4, 0.5) is 0 Å². The molecular weight excluding hydrogens is 254 g/mol. The zero-order valence-electron chi connectivity index (χ0n) is 11.5. The van der Waals surface area contributed by atoms with Gasteiger partial charge in [0.15, 0.2) is 0 Å². The standard InChI is InChI=1S/C16H19NO3/c1-11(5-4-8-18)17-16(20)14-9-12-6-2-3-7-13(12)10-15(14)19/h2-3,6-7,9-11,18-19H,4-5,8H2,1H3,(H,17,20). The van der Waals surface area contributed by atoms with E-state index < -0.39 is 0 Å². The second kappa shape index (κ2) is 6.39. The van der Waals surface area contributed by atoms with E-state index in [1.54, 1.807) is 12.1 Å². The fourth-order valence-electron chi connectivity index (χ4n) is 2.18. The zero-order chi connectivity index (χ0) is 14.5. The molecule has 0 aliphatic carbocycles. The lowest BCUT2D eigenvalue weighted by molar-refractivity contribution is 0.0934. The summed E-state index contributed by atoms with van der Waals surface area (Å²) in [6.07, 6.45) is 1.35. The number of aliphatic hydroxyl groups is 1. The van der Waals surface area contributed by atoms with Crippen LogP contribution in [0.3, 0.4) is 0 Å². The summed E-state index contributed by atoms with van der Waals surface area (Å²) in [4.78, 5) is 12.1. The molecule has 4 heteroatoms. The van der Waals surface area contributed by atoms with Gasteiger partial charge < -0.3 is 15.5 Å². The van der Waals surface area contributed by atoms with Crippen LogP contribution in [0.5, 0.6) is 5.75 Å². The maximum Gasteiger partial charge on any atom is 0.255 e. The number of phenolic OH excluding ortho intramolecular Hbond substituents is 1. The Morgan fingerprint density at radius 3 is 2.55 bits per heavy atom. The van der Waals surface area contributed by atoms with Crippen molar-refractivity contribution < 1.29 is 15.0 Å². The van der Waals surface area contributed by atoms with Crippen LogP contribution in [0, 0.1) is 0 Å². The molecule has 0 spiro atoms. The summed E-state index contributed by atoms with van der Waals surface area (Å²) in [5, 5.41) is 23.4. The van der Waals surface area contributed by atoms with Gasteiger partial charge in [0.1, 0.15) is 5.75 Å². The highest BCUT2D eigenvalue weighted by molar-refractivity contribution is 6.01. The van der Waals surface area contributed by atoms with Crippen LogP contribution in [0.2, 0.25) is 0 Å². The fraction of sp³-hybridized carbons (Fsp3) is 0.312. The van der Waals surface area contributed by atoms with Crippen LogP contribution in [-0.2, 0) is 0 Å². The molecule has 1 amide bonds. The summed E-state index contributed by atoms with van der Waals surface area (Å²) in [5.74, 6) is -0.311. The Labute approximate surface area is 118 Å². The molecule has 3 N–H and O–H groups in total. The SMILES string of the molecule is CC(CCCO)NC(=O)c1cc2ccccc2cc1O. The fourth-order valence-corrected chi connectivity index (χ4v) is 2.18. The topological polar surface area (TPSA) is 69.6 Å². The molecule has 0 saturated heterocycles. The number of phenols is 1. The molecule has 20 heavy (non-hydrogen) atoms. The average Bonchev–Trinajstić information content (AvgIpc) is 2.44. The minimum atomic E-state index is -0.293. The van der Waals surface area contributed by atoms with Crippen LogP contribution in [0.1, 0.15) is 30.1 Å². The first-order chi connectivity index (χ1) is 9.61. The third-order valence-corrected chi connectivity index (χ3v) is 3.28. The van der Waals surface area contributed by atoms with Crippen molar-refractivity contribution in [3.63, 3.8) is 0 Å². The van der Waals surface area contributed by atoms with Crippen molar-refractivity contribution in [3.8, 4) is 5.75 Å². The molecule has 1 atom stereocenters. The van der Waals surface area contributed by atoms with E-state index in [9.17, 15) is 9.90 Å². The van der Waals surface area contributed by atoms with Crippen LogP contribution >= 0.6 is 0 Å². The zero-order valence-corrected chi connectivity index (χ0v) is 11.5. The summed E-state index contributed by atoms with van der Waals surface area (Å²) in [7, 11) is 0. The Bertz CT molecular complexity index is 610. The Balaban J connectivity index is 2.19. The largest absolute Gasteiger partial charge is 0.507 e. The van der Waals surface area contributed by atoms with Gasteiger partial charge in [-0.25, -0.2) is 0 Å². The molecule has 0 aliphatic heterocycles. The molecule has 1 unspecified atom stereocenters. The van der Waals surface area contributed by atoms with Crippen molar-refractivity contribution in [2.45, 2.75) is 25.8 Å². The third-order valence-electron chi connectivity index (χ3n) is 3.28. The van der Waals surface area contributed by atoms with E-state index in [0.717, 1.165) is 10.8 Å². The molecule has 2 aromatic rings. The van der Waals surface area contributed by atoms with Gasteiger partial charge in [-0.2, -0.15) is 0 Å². The van der Waals surface area contributed by atoms with Gasteiger partial charge in [-0.15, -0.1) is 0 Å². The van der Waals surface area contributed by atoms with E-state index in [2.05, 4.69) is 5.32 Å². The number of carbonyl (C=O) groups excluding carboxylic acids is 1. The van der Waals surface area contributed by atoms with Crippen LogP contribution < -0.4 is 5.32 Å². The Hall–Kier alpha value is -2.07. The predicted octanol–water partition coefficient (Wildman–Crippen LogP) is 2.44. The first-order valence-electron chi connectivity index (χ1n) is 6.75. The molecular formula is C16H19NO3. The number of hydrogen-bond donors (Lipinski definition) is 3. The van der Waals surface area contributed by atoms with Gasteiger partial charge in [0.2, 0.25) is 0 Å². The maximum atomic E-state index is 12.1. The maximum absolute atomic E-state index is 12.1. The highest BCUT2D eigenvalue weighted by Gasteiger charge is 2.14. The van der Waals surface area contributed by atoms with Crippen molar-refractivity contribution in [2.24, 2.45) is 0 Å². The molecule has 2 aromatic carbocycles. The van der Waals surface area contributed by atoms with E-state index in [-0.39, 0.29) is 29.9 Å². The lowest BCUT2D eigenvalue weighted by Crippen LogP contribution is -2.32. The Kier molecular flexibility index (Phi) is 4.58. The van der Waals surface area contributed by atoms with E-state index in [1.165, 1.54) is 0 Å². The van der Waals surface area contributed by atoms with Crippen LogP contribution in [-0.4, -0.2) is 28.8 Å². The second-order valence-electron chi connectivity index (χ2n) is 4.96. The average molecular weight is 273 g/mol. The van der Waals surface area contributed by atoms with Crippen molar-refractivity contribution in [1.82, 2.24) is 5.32 Å². The number of benzene rings is 2. The van der Waals surface area contributed by atoms with Crippen molar-refractivity contribution in [2.75, 3.05) is 6.61 Å². The predicted molar refractivity (Wildman–Crippen MR) is 78.9 cm³/mol. The van der Waals surface area contributed by atoms with Gasteiger partial charge in [-0.3, -0.25) is 4.79 Å². The van der Waals surface area contributed by atoms with E-state index in [1.807, 2.05) is 31.2 Å². The highest BCUT2D eigenvalue weighted by atomic mass is 16.3. The number of aliphatic hydroxyl groups excluding tert-OH is 1. The molecule has 0 bridgehead atoms. The molecule has 0 saturated carbocycles. The van der Waals surface area contributed by atoms with Crippen molar-refractivity contribution in [1.29, 1.82) is 0 Å². The lowest BCUT2D eigenvalue weighted by atomic mass is 10.0. The summed E-state index contributed by atoms with van der Waals surface area (Å²) < 4.78 is 0. The van der Waals surface area contributed by atoms with Gasteiger partial charge in [0.25, 0.3) is 5.91 Å². The van der Waals surface area contributed by atoms with Gasteiger partial charge in [0.05, 0.1) is 5.56 Å². The van der Waals surface area contributed by atoms with E-state index in [4.69, 9.17) is 5.11 Å². The number of amides is 1. The van der Waals surface area contributed by atoms with Crippen LogP contribution in [0.25, 0.3) is 10.8 Å². The van der Waals surface area contributed by atoms with Gasteiger partial charge in [0, 0.05) is 12.6 Å². The molecule has 106 valence electrons. The minimum Gasteiger partial charge on any atom is -0.507 e. The Morgan fingerprint density at radius 1 is 1.25 bits per heavy atom. The van der Waals surface area contributed by atoms with Crippen LogP contribution in [0.15, 0.2) is 36.4 Å². The third kappa shape index (κ3) is 3.27. The molecule has 0 heterocycles. The first-order valence-corrected chi connectivity index (χ1v) is 6.75. The number of rotatable bonds is 5. The van der Waals surface area contributed by atoms with E-state index in [0.29, 0.717) is 12.8 Å². The van der Waals surface area contributed by atoms with E-state index >= 15 is 0 Å². The number of carbonyl (C=O) groups is 1. The molecule has 0 radical (unpaired) electrons. The lowest BCUT2D eigenvalue weighted by Gasteiger charge is -2.14. The summed E-state index contributed by atoms with van der Waals surface area (Å²) in [5.41, 5.74) is 0.277. The molecule has 0 aliphatic rings. The smallest absolute Gasteiger partial charge is 0.255 e. The second-order valence-corrected chi connectivity index (χ2v) is 4.96. The van der Waals surface area contributed by atoms with Gasteiger partial charge >= 0.3 is 0 Å². The number of fused-ring (bicyclic) bond motifs is 1. The monoisotopic (exact) mass is 273 g/mol. The molecule has 0 aromatic heterocycles. The van der Waals surface area contributed by atoms with Gasteiger partial charge in [-0.05, 0) is 42.7 Å². The normalized spacial score (nSPS) is 12.3. The van der Waals surface area contributed by atoms with Crippen molar-refractivity contribution >= 4 is 16.7 Å². The summed E-state index contributed by atoms with van der Waals surface area (Å²) >= 11 is 0. The molecule has 0 fully saturated rings. The number of aromatic hydroxyl groups is 1. The highest BCUT2D eigenvalue weighted by Crippen LogP contribution is 2.25.